The van der Waals surface area contributed by atoms with Gasteiger partial charge in [-0.3, -0.25) is 0 Å². The Morgan fingerprint density at radius 3 is 2.48 bits per heavy atom. The molecular formula is C20H31NO3S. The van der Waals surface area contributed by atoms with Gasteiger partial charge in [0.25, 0.3) is 0 Å². The lowest BCUT2D eigenvalue weighted by atomic mass is 10.1. The Balaban J connectivity index is 2.31. The van der Waals surface area contributed by atoms with E-state index in [1.165, 1.54) is 23.1 Å². The Morgan fingerprint density at radius 1 is 1.16 bits per heavy atom. The molecule has 1 aromatic rings. The highest BCUT2D eigenvalue weighted by Gasteiger charge is 2.07. The molecule has 0 N–H and O–H groups in total. The van der Waals surface area contributed by atoms with Crippen LogP contribution in [-0.2, 0) is 9.57 Å². The van der Waals surface area contributed by atoms with E-state index in [4.69, 9.17) is 9.47 Å². The van der Waals surface area contributed by atoms with E-state index in [1.54, 1.807) is 0 Å². The molecule has 0 saturated carbocycles. The average molecular weight is 366 g/mol. The third-order valence-corrected chi connectivity index (χ3v) is 4.43. The van der Waals surface area contributed by atoms with Crippen molar-refractivity contribution in [1.82, 2.24) is 0 Å². The van der Waals surface area contributed by atoms with Crippen LogP contribution in [0.3, 0.4) is 0 Å². The highest BCUT2D eigenvalue weighted by molar-refractivity contribution is 7.99. The van der Waals surface area contributed by atoms with Crippen LogP contribution in [0.2, 0.25) is 0 Å². The van der Waals surface area contributed by atoms with Crippen LogP contribution in [0.15, 0.2) is 34.3 Å². The minimum atomic E-state index is 0.513. The molecule has 0 atom stereocenters. The van der Waals surface area contributed by atoms with Gasteiger partial charge in [0.15, 0.2) is 0 Å². The summed E-state index contributed by atoms with van der Waals surface area (Å²) >= 11 is 1.85. The Hall–Kier alpha value is -1.46. The summed E-state index contributed by atoms with van der Waals surface area (Å²) in [4.78, 5) is 5.98. The van der Waals surface area contributed by atoms with Gasteiger partial charge in [0.05, 0.1) is 18.9 Å². The number of ether oxygens (including phenoxy) is 2. The number of allylic oxidation sites excluding steroid dienone is 1. The normalized spacial score (nSPS) is 12.0. The van der Waals surface area contributed by atoms with Gasteiger partial charge in [-0.1, -0.05) is 17.3 Å². The summed E-state index contributed by atoms with van der Waals surface area (Å²) < 4.78 is 11.5. The molecule has 0 heterocycles. The lowest BCUT2D eigenvalue weighted by Crippen LogP contribution is -2.07. The van der Waals surface area contributed by atoms with Gasteiger partial charge in [0.2, 0.25) is 0 Å². The van der Waals surface area contributed by atoms with Crippen molar-refractivity contribution in [2.75, 3.05) is 32.7 Å². The molecule has 0 aliphatic carbocycles. The topological polar surface area (TPSA) is 40.0 Å². The zero-order valence-electron chi connectivity index (χ0n) is 16.1. The maximum Gasteiger partial charge on any atom is 0.125 e. The maximum atomic E-state index is 5.99. The molecule has 0 saturated heterocycles. The molecule has 0 spiro atoms. The van der Waals surface area contributed by atoms with E-state index in [9.17, 15) is 0 Å². The van der Waals surface area contributed by atoms with Crippen LogP contribution in [0.1, 0.15) is 37.8 Å². The molecule has 1 rings (SSSR count). The van der Waals surface area contributed by atoms with Gasteiger partial charge in [-0.2, -0.15) is 0 Å². The molecule has 0 bridgehead atoms. The first-order chi connectivity index (χ1) is 12.1. The maximum absolute atomic E-state index is 5.99. The van der Waals surface area contributed by atoms with E-state index >= 15 is 0 Å². The van der Waals surface area contributed by atoms with E-state index in [2.05, 4.69) is 48.1 Å². The Bertz CT molecular complexity index is 547. The minimum absolute atomic E-state index is 0.513. The van der Waals surface area contributed by atoms with Crippen molar-refractivity contribution >= 4 is 17.5 Å². The lowest BCUT2D eigenvalue weighted by Gasteiger charge is -2.14. The standard InChI is InChI=1S/C20H31NO3S/c1-6-7-12-25-19-13-16(2)20(17(3)14-19)24-11-9-8-10-23-15-18(4)21-22-5/h6-7,13-14H,8-12,15H2,1-5H3/b7-6+,21-18+. The molecule has 0 aliphatic rings. The molecule has 5 heteroatoms. The highest BCUT2D eigenvalue weighted by atomic mass is 32.2. The van der Waals surface area contributed by atoms with Gasteiger partial charge in [-0.15, -0.1) is 11.8 Å². The van der Waals surface area contributed by atoms with Crippen LogP contribution >= 0.6 is 11.8 Å². The Morgan fingerprint density at radius 2 is 1.84 bits per heavy atom. The summed E-state index contributed by atoms with van der Waals surface area (Å²) in [5.41, 5.74) is 3.24. The molecule has 0 unspecified atom stereocenters. The van der Waals surface area contributed by atoms with Crippen molar-refractivity contribution in [3.63, 3.8) is 0 Å². The quantitative estimate of drug-likeness (QED) is 0.168. The van der Waals surface area contributed by atoms with Gasteiger partial charge in [-0.25, -0.2) is 0 Å². The van der Waals surface area contributed by atoms with Crippen molar-refractivity contribution in [1.29, 1.82) is 0 Å². The fourth-order valence-electron chi connectivity index (χ4n) is 2.34. The number of hydrogen-bond acceptors (Lipinski definition) is 5. The number of aryl methyl sites for hydroxylation is 2. The average Bonchev–Trinajstić information content (AvgIpc) is 2.56. The van der Waals surface area contributed by atoms with Gasteiger partial charge in [-0.05, 0) is 63.8 Å². The van der Waals surface area contributed by atoms with E-state index in [-0.39, 0.29) is 0 Å². The number of nitrogens with zero attached hydrogens (tertiary/aromatic N) is 1. The second kappa shape index (κ2) is 12.8. The van der Waals surface area contributed by atoms with Crippen LogP contribution in [0.5, 0.6) is 5.75 Å². The third-order valence-electron chi connectivity index (χ3n) is 3.50. The molecule has 4 nitrogen and oxygen atoms in total. The summed E-state index contributed by atoms with van der Waals surface area (Å²) in [6.45, 7) is 10.1. The molecule has 1 aromatic carbocycles. The molecular weight excluding hydrogens is 334 g/mol. The van der Waals surface area contributed by atoms with Gasteiger partial charge >= 0.3 is 0 Å². The lowest BCUT2D eigenvalue weighted by molar-refractivity contribution is 0.153. The predicted octanol–water partition coefficient (Wildman–Crippen LogP) is 5.17. The fourth-order valence-corrected chi connectivity index (χ4v) is 3.35. The molecule has 0 fully saturated rings. The van der Waals surface area contributed by atoms with E-state index < -0.39 is 0 Å². The number of unbranched alkanes of at least 4 members (excludes halogenated alkanes) is 1. The summed E-state index contributed by atoms with van der Waals surface area (Å²) in [6, 6.07) is 4.41. The van der Waals surface area contributed by atoms with E-state index in [0.717, 1.165) is 30.1 Å². The number of benzene rings is 1. The largest absolute Gasteiger partial charge is 0.493 e. The first-order valence-electron chi connectivity index (χ1n) is 8.70. The minimum Gasteiger partial charge on any atom is -0.493 e. The van der Waals surface area contributed by atoms with Crippen molar-refractivity contribution in [3.8, 4) is 5.75 Å². The first kappa shape index (κ1) is 21.6. The first-order valence-corrected chi connectivity index (χ1v) is 9.69. The number of hydrogen-bond donors (Lipinski definition) is 0. The number of rotatable bonds is 12. The summed E-state index contributed by atoms with van der Waals surface area (Å²) in [7, 11) is 1.54. The van der Waals surface area contributed by atoms with Gasteiger partial charge in [0, 0.05) is 17.3 Å². The summed E-state index contributed by atoms with van der Waals surface area (Å²) in [6.07, 6.45) is 6.19. The zero-order valence-corrected chi connectivity index (χ0v) is 16.9. The van der Waals surface area contributed by atoms with Crippen molar-refractivity contribution in [3.05, 3.63) is 35.4 Å². The smallest absolute Gasteiger partial charge is 0.125 e. The van der Waals surface area contributed by atoms with Crippen molar-refractivity contribution in [2.45, 2.75) is 45.4 Å². The molecule has 0 aromatic heterocycles. The third kappa shape index (κ3) is 8.98. The zero-order chi connectivity index (χ0) is 18.5. The van der Waals surface area contributed by atoms with Crippen molar-refractivity contribution < 1.29 is 14.3 Å². The van der Waals surface area contributed by atoms with Crippen LogP contribution in [0.4, 0.5) is 0 Å². The molecule has 0 amide bonds. The summed E-state index contributed by atoms with van der Waals surface area (Å²) in [5.74, 6) is 2.02. The SMILES string of the molecule is C/C=C/CSc1cc(C)c(OCCCCOC/C(C)=N/OC)c(C)c1. The predicted molar refractivity (Wildman–Crippen MR) is 107 cm³/mol. The molecule has 0 aliphatic heterocycles. The molecule has 140 valence electrons. The van der Waals surface area contributed by atoms with Crippen LogP contribution in [0, 0.1) is 13.8 Å². The monoisotopic (exact) mass is 365 g/mol. The van der Waals surface area contributed by atoms with Crippen LogP contribution in [0.25, 0.3) is 0 Å². The van der Waals surface area contributed by atoms with Crippen LogP contribution < -0.4 is 4.74 Å². The molecule has 25 heavy (non-hydrogen) atoms. The molecule has 0 radical (unpaired) electrons. The van der Waals surface area contributed by atoms with Crippen LogP contribution in [-0.4, -0.2) is 38.4 Å². The van der Waals surface area contributed by atoms with Gasteiger partial charge < -0.3 is 14.3 Å². The van der Waals surface area contributed by atoms with Crippen molar-refractivity contribution in [2.24, 2.45) is 5.16 Å². The fraction of sp³-hybridized carbons (Fsp3) is 0.550. The second-order valence-corrected chi connectivity index (χ2v) is 6.98. The highest BCUT2D eigenvalue weighted by Crippen LogP contribution is 2.30. The second-order valence-electron chi connectivity index (χ2n) is 5.88. The summed E-state index contributed by atoms with van der Waals surface area (Å²) in [5, 5.41) is 3.81. The van der Waals surface area contributed by atoms with E-state index in [0.29, 0.717) is 19.8 Å². The number of thioether (sulfide) groups is 1. The van der Waals surface area contributed by atoms with E-state index in [1.807, 2.05) is 25.6 Å². The van der Waals surface area contributed by atoms with Gasteiger partial charge in [0.1, 0.15) is 12.9 Å². The number of oxime groups is 1. The Kier molecular flexibility index (Phi) is 11.1. The Labute approximate surface area is 156 Å².